The number of nitrogens with zero attached hydrogens (tertiary/aromatic N) is 1. The lowest BCUT2D eigenvalue weighted by Gasteiger charge is -2.26. The van der Waals surface area contributed by atoms with Crippen LogP contribution in [0.1, 0.15) is 19.3 Å². The minimum atomic E-state index is -4.54. The first-order chi connectivity index (χ1) is 9.76. The number of alkyl halides is 3. The molecule has 0 spiro atoms. The molecule has 0 aliphatic carbocycles. The van der Waals surface area contributed by atoms with Crippen molar-refractivity contribution in [3.63, 3.8) is 0 Å². The molecule has 21 heavy (non-hydrogen) atoms. The highest BCUT2D eigenvalue weighted by molar-refractivity contribution is 5.82. The topological polar surface area (TPSA) is 81.9 Å². The molecule has 2 N–H and O–H groups in total. The number of rotatable bonds is 6. The molecule has 1 saturated heterocycles. The molecule has 0 aromatic heterocycles. The summed E-state index contributed by atoms with van der Waals surface area (Å²) in [6.45, 7) is -1.57. The van der Waals surface area contributed by atoms with E-state index in [1.54, 1.807) is 0 Å². The van der Waals surface area contributed by atoms with Crippen molar-refractivity contribution < 1.29 is 32.2 Å². The molecule has 2 unspecified atom stereocenters. The lowest BCUT2D eigenvalue weighted by molar-refractivity contribution is -0.169. The molecule has 9 heteroatoms. The maximum absolute atomic E-state index is 12.5. The average molecular weight is 312 g/mol. The Hall–Kier alpha value is -1.35. The van der Waals surface area contributed by atoms with Crippen molar-refractivity contribution in [1.29, 1.82) is 0 Å². The molecule has 1 fully saturated rings. The summed E-state index contributed by atoms with van der Waals surface area (Å²) in [4.78, 5) is 23.7. The van der Waals surface area contributed by atoms with Gasteiger partial charge in [0.1, 0.15) is 12.6 Å². The van der Waals surface area contributed by atoms with Gasteiger partial charge in [-0.05, 0) is 12.8 Å². The van der Waals surface area contributed by atoms with Gasteiger partial charge >= 0.3 is 12.1 Å². The van der Waals surface area contributed by atoms with Gasteiger partial charge in [-0.1, -0.05) is 0 Å². The number of carbonyl (C=O) groups is 2. The first-order valence-corrected chi connectivity index (χ1v) is 6.54. The Labute approximate surface area is 120 Å². The van der Waals surface area contributed by atoms with Gasteiger partial charge in [0.2, 0.25) is 0 Å². The summed E-state index contributed by atoms with van der Waals surface area (Å²) in [6, 6.07) is 0. The molecule has 122 valence electrons. The highest BCUT2D eigenvalue weighted by Gasteiger charge is 2.38. The molecule has 2 atom stereocenters. The molecule has 0 aromatic rings. The van der Waals surface area contributed by atoms with Gasteiger partial charge < -0.3 is 20.1 Å². The number of methoxy groups -OCH3 is 1. The van der Waals surface area contributed by atoms with Gasteiger partial charge in [0.15, 0.2) is 0 Å². The van der Waals surface area contributed by atoms with Crippen molar-refractivity contribution >= 4 is 11.9 Å². The molecule has 6 nitrogen and oxygen atoms in total. The number of halogens is 3. The second-order valence-corrected chi connectivity index (χ2v) is 4.76. The lowest BCUT2D eigenvalue weighted by Crippen LogP contribution is -2.45. The Morgan fingerprint density at radius 1 is 1.38 bits per heavy atom. The van der Waals surface area contributed by atoms with E-state index in [9.17, 15) is 22.8 Å². The van der Waals surface area contributed by atoms with E-state index in [0.29, 0.717) is 17.7 Å². The van der Waals surface area contributed by atoms with Crippen LogP contribution in [0.25, 0.3) is 0 Å². The second-order valence-electron chi connectivity index (χ2n) is 4.76. The zero-order valence-electron chi connectivity index (χ0n) is 11.7. The summed E-state index contributed by atoms with van der Waals surface area (Å²) in [5.74, 6) is -1.45. The highest BCUT2D eigenvalue weighted by Crippen LogP contribution is 2.23. The van der Waals surface area contributed by atoms with Crippen LogP contribution in [0.3, 0.4) is 0 Å². The molecule has 1 aliphatic rings. The third-order valence-corrected chi connectivity index (χ3v) is 3.14. The number of hydrogen-bond donors (Lipinski definition) is 1. The van der Waals surface area contributed by atoms with Crippen LogP contribution in [-0.2, 0) is 19.1 Å². The molecule has 1 heterocycles. The molecular formula is C12H19F3N2O4. The maximum atomic E-state index is 12.5. The van der Waals surface area contributed by atoms with Gasteiger partial charge in [-0.25, -0.2) is 0 Å². The average Bonchev–Trinajstić information content (AvgIpc) is 2.89. The normalized spacial score (nSPS) is 22.1. The zero-order chi connectivity index (χ0) is 16.0. The second kappa shape index (κ2) is 7.60. The van der Waals surface area contributed by atoms with E-state index < -0.39 is 30.7 Å². The molecule has 0 aromatic carbocycles. The Morgan fingerprint density at radius 2 is 2.05 bits per heavy atom. The number of esters is 1. The zero-order valence-corrected chi connectivity index (χ0v) is 11.7. The first kappa shape index (κ1) is 17.7. The Balaban J connectivity index is 2.66. The minimum Gasteiger partial charge on any atom is -0.469 e. The van der Waals surface area contributed by atoms with Crippen molar-refractivity contribution in [3.8, 4) is 0 Å². The van der Waals surface area contributed by atoms with Gasteiger partial charge in [0, 0.05) is 13.1 Å². The molecule has 1 amide bonds. The van der Waals surface area contributed by atoms with E-state index in [4.69, 9.17) is 10.5 Å². The largest absolute Gasteiger partial charge is 0.469 e. The predicted molar refractivity (Wildman–Crippen MR) is 66.2 cm³/mol. The van der Waals surface area contributed by atoms with Crippen LogP contribution in [0.15, 0.2) is 0 Å². The SMILES string of the molecule is COC(=O)CCN(CC(F)(F)F)C(=O)C1CCC(CN)O1. The summed E-state index contributed by atoms with van der Waals surface area (Å²) in [5, 5.41) is 0. The van der Waals surface area contributed by atoms with Gasteiger partial charge in [-0.3, -0.25) is 9.59 Å². The van der Waals surface area contributed by atoms with E-state index in [1.807, 2.05) is 0 Å². The molecular weight excluding hydrogens is 293 g/mol. The third kappa shape index (κ3) is 5.88. The van der Waals surface area contributed by atoms with Crippen molar-refractivity contribution in [2.24, 2.45) is 5.73 Å². The van der Waals surface area contributed by atoms with Crippen LogP contribution in [0.5, 0.6) is 0 Å². The van der Waals surface area contributed by atoms with Gasteiger partial charge in [-0.15, -0.1) is 0 Å². The van der Waals surface area contributed by atoms with Crippen LogP contribution in [0, 0.1) is 0 Å². The van der Waals surface area contributed by atoms with E-state index >= 15 is 0 Å². The van der Waals surface area contributed by atoms with Crippen LogP contribution >= 0.6 is 0 Å². The summed E-state index contributed by atoms with van der Waals surface area (Å²) in [5.41, 5.74) is 5.40. The summed E-state index contributed by atoms with van der Waals surface area (Å²) in [7, 11) is 1.13. The van der Waals surface area contributed by atoms with E-state index in [-0.39, 0.29) is 25.6 Å². The van der Waals surface area contributed by atoms with Crippen molar-refractivity contribution in [2.75, 3.05) is 26.7 Å². The Bertz CT molecular complexity index is 376. The van der Waals surface area contributed by atoms with Crippen molar-refractivity contribution in [3.05, 3.63) is 0 Å². The number of hydrogen-bond acceptors (Lipinski definition) is 5. The van der Waals surface area contributed by atoms with Crippen LogP contribution in [0.2, 0.25) is 0 Å². The fourth-order valence-corrected chi connectivity index (χ4v) is 2.08. The fraction of sp³-hybridized carbons (Fsp3) is 0.833. The Morgan fingerprint density at radius 3 is 2.52 bits per heavy atom. The predicted octanol–water partition coefficient (Wildman–Crippen LogP) is 0.447. The maximum Gasteiger partial charge on any atom is 0.406 e. The summed E-state index contributed by atoms with van der Waals surface area (Å²) >= 11 is 0. The van der Waals surface area contributed by atoms with E-state index in [2.05, 4.69) is 4.74 Å². The minimum absolute atomic E-state index is 0.214. The number of carbonyl (C=O) groups excluding carboxylic acids is 2. The lowest BCUT2D eigenvalue weighted by atomic mass is 10.1. The van der Waals surface area contributed by atoms with E-state index in [0.717, 1.165) is 7.11 Å². The summed E-state index contributed by atoms with van der Waals surface area (Å²) < 4.78 is 47.3. The van der Waals surface area contributed by atoms with Crippen molar-refractivity contribution in [1.82, 2.24) is 4.90 Å². The standard InChI is InChI=1S/C12H19F3N2O4/c1-20-10(18)4-5-17(7-12(13,14)15)11(19)9-3-2-8(6-16)21-9/h8-9H,2-7,16H2,1H3. The highest BCUT2D eigenvalue weighted by atomic mass is 19.4. The van der Waals surface area contributed by atoms with Crippen molar-refractivity contribution in [2.45, 2.75) is 37.6 Å². The van der Waals surface area contributed by atoms with Gasteiger partial charge in [0.05, 0.1) is 19.6 Å². The smallest absolute Gasteiger partial charge is 0.406 e. The number of amides is 1. The molecule has 1 rings (SSSR count). The monoisotopic (exact) mass is 312 g/mol. The van der Waals surface area contributed by atoms with Crippen LogP contribution < -0.4 is 5.73 Å². The van der Waals surface area contributed by atoms with Gasteiger partial charge in [-0.2, -0.15) is 13.2 Å². The third-order valence-electron chi connectivity index (χ3n) is 3.14. The fourth-order valence-electron chi connectivity index (χ4n) is 2.08. The Kier molecular flexibility index (Phi) is 6.41. The quantitative estimate of drug-likeness (QED) is 0.720. The molecule has 1 aliphatic heterocycles. The first-order valence-electron chi connectivity index (χ1n) is 6.54. The van der Waals surface area contributed by atoms with Crippen LogP contribution in [0.4, 0.5) is 13.2 Å². The number of ether oxygens (including phenoxy) is 2. The molecule has 0 bridgehead atoms. The molecule has 0 saturated carbocycles. The summed E-state index contributed by atoms with van der Waals surface area (Å²) in [6.07, 6.45) is -5.23. The van der Waals surface area contributed by atoms with E-state index in [1.165, 1.54) is 0 Å². The number of nitrogens with two attached hydrogens (primary N) is 1. The van der Waals surface area contributed by atoms with Crippen LogP contribution in [-0.4, -0.2) is 61.9 Å². The molecule has 0 radical (unpaired) electrons. The van der Waals surface area contributed by atoms with Gasteiger partial charge in [0.25, 0.3) is 5.91 Å².